The van der Waals surface area contributed by atoms with Crippen molar-refractivity contribution in [1.29, 1.82) is 0 Å². The molecule has 1 aliphatic heterocycles. The molecule has 0 unspecified atom stereocenters. The van der Waals surface area contributed by atoms with E-state index < -0.39 is 0 Å². The lowest BCUT2D eigenvalue weighted by atomic mass is 10.0. The molecule has 1 aromatic carbocycles. The summed E-state index contributed by atoms with van der Waals surface area (Å²) in [6, 6.07) is 12.6. The molecule has 2 aromatic heterocycles. The summed E-state index contributed by atoms with van der Waals surface area (Å²) in [5.41, 5.74) is 1.25. The van der Waals surface area contributed by atoms with Crippen LogP contribution >= 0.6 is 34.5 Å². The highest BCUT2D eigenvalue weighted by molar-refractivity contribution is 7.12. The molecule has 166 valence electrons. The van der Waals surface area contributed by atoms with Gasteiger partial charge in [-0.05, 0) is 54.6 Å². The van der Waals surface area contributed by atoms with Gasteiger partial charge in [0.1, 0.15) is 5.82 Å². The van der Waals surface area contributed by atoms with Crippen molar-refractivity contribution in [3.8, 4) is 0 Å². The largest absolute Gasteiger partial charge is 0.371 e. The van der Waals surface area contributed by atoms with Crippen molar-refractivity contribution in [1.82, 2.24) is 9.88 Å². The van der Waals surface area contributed by atoms with E-state index in [2.05, 4.69) is 15.2 Å². The van der Waals surface area contributed by atoms with Crippen LogP contribution < -0.4 is 10.2 Å². The summed E-state index contributed by atoms with van der Waals surface area (Å²) >= 11 is 13.5. The van der Waals surface area contributed by atoms with Crippen LogP contribution in [0.3, 0.4) is 0 Å². The number of thiophene rings is 1. The molecule has 32 heavy (non-hydrogen) atoms. The van der Waals surface area contributed by atoms with Crippen molar-refractivity contribution in [2.45, 2.75) is 18.9 Å². The molecule has 0 bridgehead atoms. The van der Waals surface area contributed by atoms with Gasteiger partial charge in [-0.15, -0.1) is 11.3 Å². The SMILES string of the molecule is CN(c1ccc(Cl)cc1C(=O)Nc1ccc(Cl)cn1)C1CCN(C(=O)c2cccs2)CC1. The Labute approximate surface area is 200 Å². The zero-order chi connectivity index (χ0) is 22.7. The number of rotatable bonds is 5. The van der Waals surface area contributed by atoms with Crippen LogP contribution in [-0.2, 0) is 0 Å². The summed E-state index contributed by atoms with van der Waals surface area (Å²) in [6.45, 7) is 1.35. The van der Waals surface area contributed by atoms with E-state index in [1.807, 2.05) is 35.5 Å². The first-order valence-electron chi connectivity index (χ1n) is 10.2. The van der Waals surface area contributed by atoms with Gasteiger partial charge in [0.15, 0.2) is 0 Å². The highest BCUT2D eigenvalue weighted by atomic mass is 35.5. The smallest absolute Gasteiger partial charge is 0.263 e. The molecule has 6 nitrogen and oxygen atoms in total. The molecule has 3 aromatic rings. The van der Waals surface area contributed by atoms with Gasteiger partial charge in [0, 0.05) is 43.1 Å². The van der Waals surface area contributed by atoms with Crippen LogP contribution in [-0.4, -0.2) is 47.9 Å². The Balaban J connectivity index is 1.47. The second-order valence-corrected chi connectivity index (χ2v) is 9.41. The first-order chi connectivity index (χ1) is 15.4. The lowest BCUT2D eigenvalue weighted by molar-refractivity contribution is 0.0718. The summed E-state index contributed by atoms with van der Waals surface area (Å²) in [6.07, 6.45) is 3.11. The molecule has 0 radical (unpaired) electrons. The van der Waals surface area contributed by atoms with Crippen LogP contribution in [0, 0.1) is 0 Å². The fraction of sp³-hybridized carbons (Fsp3) is 0.261. The number of carbonyl (C=O) groups excluding carboxylic acids is 2. The van der Waals surface area contributed by atoms with E-state index in [0.717, 1.165) is 23.4 Å². The van der Waals surface area contributed by atoms with Gasteiger partial charge in [-0.3, -0.25) is 9.59 Å². The number of carbonyl (C=O) groups is 2. The summed E-state index contributed by atoms with van der Waals surface area (Å²) in [7, 11) is 1.97. The molecule has 0 aliphatic carbocycles. The third kappa shape index (κ3) is 5.06. The Kier molecular flexibility index (Phi) is 6.98. The van der Waals surface area contributed by atoms with Crippen LogP contribution in [0.15, 0.2) is 54.0 Å². The molecule has 1 fully saturated rings. The normalized spacial score (nSPS) is 14.3. The maximum Gasteiger partial charge on any atom is 0.263 e. The standard InChI is InChI=1S/C23H22Cl2N4O2S/c1-28(17-8-10-29(11-9-17)23(31)20-3-2-12-32-20)19-6-4-15(24)13-18(19)22(30)27-21-7-5-16(25)14-26-21/h2-7,12-14,17H,8-11H2,1H3,(H,26,27,30). The summed E-state index contributed by atoms with van der Waals surface area (Å²) in [5.74, 6) is 0.200. The average Bonchev–Trinajstić information content (AvgIpc) is 3.35. The number of likely N-dealkylation sites (tertiary alicyclic amines) is 1. The highest BCUT2D eigenvalue weighted by Gasteiger charge is 2.28. The number of amides is 2. The molecule has 0 spiro atoms. The number of aromatic nitrogens is 1. The Morgan fingerprint density at radius 1 is 1.12 bits per heavy atom. The average molecular weight is 489 g/mol. The second-order valence-electron chi connectivity index (χ2n) is 7.59. The summed E-state index contributed by atoms with van der Waals surface area (Å²) < 4.78 is 0. The van der Waals surface area contributed by atoms with Gasteiger partial charge < -0.3 is 15.1 Å². The van der Waals surface area contributed by atoms with E-state index in [1.54, 1.807) is 24.3 Å². The van der Waals surface area contributed by atoms with Gasteiger partial charge in [0.2, 0.25) is 0 Å². The molecular formula is C23H22Cl2N4O2S. The predicted molar refractivity (Wildman–Crippen MR) is 130 cm³/mol. The molecule has 1 aliphatic rings. The van der Waals surface area contributed by atoms with E-state index in [0.29, 0.717) is 34.5 Å². The number of hydrogen-bond donors (Lipinski definition) is 1. The van der Waals surface area contributed by atoms with Gasteiger partial charge in [0.05, 0.1) is 15.5 Å². The first-order valence-corrected chi connectivity index (χ1v) is 11.8. The molecule has 4 rings (SSSR count). The Morgan fingerprint density at radius 2 is 1.88 bits per heavy atom. The second kappa shape index (κ2) is 9.90. The Bertz CT molecular complexity index is 1100. The zero-order valence-electron chi connectivity index (χ0n) is 17.4. The summed E-state index contributed by atoms with van der Waals surface area (Å²) in [5, 5.41) is 5.69. The molecule has 0 saturated carbocycles. The maximum absolute atomic E-state index is 13.0. The molecule has 1 saturated heterocycles. The summed E-state index contributed by atoms with van der Waals surface area (Å²) in [4.78, 5) is 34.5. The number of nitrogens with zero attached hydrogens (tertiary/aromatic N) is 3. The highest BCUT2D eigenvalue weighted by Crippen LogP contribution is 2.29. The van der Waals surface area contributed by atoms with E-state index in [-0.39, 0.29) is 17.9 Å². The zero-order valence-corrected chi connectivity index (χ0v) is 19.8. The van der Waals surface area contributed by atoms with E-state index in [1.165, 1.54) is 17.5 Å². The van der Waals surface area contributed by atoms with Gasteiger partial charge in [-0.25, -0.2) is 4.98 Å². The van der Waals surface area contributed by atoms with Crippen LogP contribution in [0.5, 0.6) is 0 Å². The van der Waals surface area contributed by atoms with Gasteiger partial charge >= 0.3 is 0 Å². The Morgan fingerprint density at radius 3 is 2.53 bits per heavy atom. The number of nitrogens with one attached hydrogen (secondary N) is 1. The minimum Gasteiger partial charge on any atom is -0.371 e. The number of pyridine rings is 1. The number of halogens is 2. The molecule has 2 amide bonds. The Hall–Kier alpha value is -2.61. The van der Waals surface area contributed by atoms with Crippen LogP contribution in [0.4, 0.5) is 11.5 Å². The fourth-order valence-electron chi connectivity index (χ4n) is 3.84. The fourth-order valence-corrected chi connectivity index (χ4v) is 4.81. The number of hydrogen-bond acceptors (Lipinski definition) is 5. The van der Waals surface area contributed by atoms with Gasteiger partial charge in [-0.1, -0.05) is 29.3 Å². The minimum absolute atomic E-state index is 0.0862. The third-order valence-electron chi connectivity index (χ3n) is 5.58. The van der Waals surface area contributed by atoms with Crippen LogP contribution in [0.2, 0.25) is 10.0 Å². The number of anilines is 2. The van der Waals surface area contributed by atoms with Crippen molar-refractivity contribution >= 4 is 57.9 Å². The molecule has 0 atom stereocenters. The van der Waals surface area contributed by atoms with E-state index in [4.69, 9.17) is 23.2 Å². The topological polar surface area (TPSA) is 65.5 Å². The molecule has 9 heteroatoms. The quantitative estimate of drug-likeness (QED) is 0.518. The van der Waals surface area contributed by atoms with Gasteiger partial charge in [-0.2, -0.15) is 0 Å². The van der Waals surface area contributed by atoms with Crippen LogP contribution in [0.1, 0.15) is 32.9 Å². The minimum atomic E-state index is -0.297. The maximum atomic E-state index is 13.0. The van der Waals surface area contributed by atoms with Crippen molar-refractivity contribution < 1.29 is 9.59 Å². The third-order valence-corrected chi connectivity index (χ3v) is 6.90. The van der Waals surface area contributed by atoms with E-state index >= 15 is 0 Å². The van der Waals surface area contributed by atoms with Gasteiger partial charge in [0.25, 0.3) is 11.8 Å². The van der Waals surface area contributed by atoms with E-state index in [9.17, 15) is 9.59 Å². The molecule has 3 heterocycles. The number of benzene rings is 1. The number of piperidine rings is 1. The monoisotopic (exact) mass is 488 g/mol. The van der Waals surface area contributed by atoms with Crippen molar-refractivity contribution in [2.24, 2.45) is 0 Å². The molecule has 1 N–H and O–H groups in total. The van der Waals surface area contributed by atoms with Crippen molar-refractivity contribution in [2.75, 3.05) is 30.4 Å². The molecular weight excluding hydrogens is 467 g/mol. The van der Waals surface area contributed by atoms with Crippen LogP contribution in [0.25, 0.3) is 0 Å². The van der Waals surface area contributed by atoms with Crippen molar-refractivity contribution in [3.05, 3.63) is 74.5 Å². The first kappa shape index (κ1) is 22.6. The lowest BCUT2D eigenvalue weighted by Crippen LogP contribution is -2.45. The predicted octanol–water partition coefficient (Wildman–Crippen LogP) is 5.44. The lowest BCUT2D eigenvalue weighted by Gasteiger charge is -2.38. The van der Waals surface area contributed by atoms with Crippen molar-refractivity contribution in [3.63, 3.8) is 0 Å².